The van der Waals surface area contributed by atoms with Gasteiger partial charge in [-0.1, -0.05) is 12.5 Å². The molecule has 0 aromatic rings. The second-order valence-corrected chi connectivity index (χ2v) is 4.01. The molecule has 2 rings (SSSR count). The Morgan fingerprint density at radius 1 is 1.31 bits per heavy atom. The number of hydrogen-bond acceptors (Lipinski definition) is 2. The summed E-state index contributed by atoms with van der Waals surface area (Å²) in [6, 6.07) is 4.38. The Balaban J connectivity index is 2.26. The molecule has 2 aliphatic rings. The molecule has 0 N–H and O–H groups in total. The van der Waals surface area contributed by atoms with E-state index in [0.29, 0.717) is 17.4 Å². The topological polar surface area (TPSA) is 47.6 Å². The minimum Gasteiger partial charge on any atom is -0.198 e. The lowest BCUT2D eigenvalue weighted by Gasteiger charge is -2.24. The molecular formula is C11H12N2. The second-order valence-electron chi connectivity index (χ2n) is 4.01. The monoisotopic (exact) mass is 172 g/mol. The third-order valence-corrected chi connectivity index (χ3v) is 3.31. The first-order valence-electron chi connectivity index (χ1n) is 4.86. The third kappa shape index (κ3) is 1.33. The van der Waals surface area contributed by atoms with Crippen molar-refractivity contribution in [1.29, 1.82) is 10.5 Å². The van der Waals surface area contributed by atoms with Crippen LogP contribution in [-0.2, 0) is 0 Å². The van der Waals surface area contributed by atoms with Gasteiger partial charge in [-0.2, -0.15) is 10.5 Å². The molecule has 1 saturated carbocycles. The molecular weight excluding hydrogens is 160 g/mol. The van der Waals surface area contributed by atoms with Gasteiger partial charge in [0.25, 0.3) is 0 Å². The fourth-order valence-electron chi connectivity index (χ4n) is 2.59. The van der Waals surface area contributed by atoms with Crippen LogP contribution >= 0.6 is 0 Å². The lowest BCUT2D eigenvalue weighted by molar-refractivity contribution is 0.374. The molecule has 0 radical (unpaired) electrons. The maximum Gasteiger partial charge on any atom is 0.0957 e. The maximum absolute atomic E-state index is 8.87. The average Bonchev–Trinajstić information content (AvgIpc) is 2.62. The molecule has 1 fully saturated rings. The van der Waals surface area contributed by atoms with Crippen molar-refractivity contribution >= 4 is 0 Å². The van der Waals surface area contributed by atoms with Gasteiger partial charge in [0.1, 0.15) is 0 Å². The Labute approximate surface area is 78.5 Å². The summed E-state index contributed by atoms with van der Waals surface area (Å²) in [5, 5.41) is 17.7. The van der Waals surface area contributed by atoms with Gasteiger partial charge in [0.15, 0.2) is 0 Å². The number of allylic oxidation sites excluding steroid dienone is 2. The molecule has 2 heteroatoms. The molecule has 0 aliphatic heterocycles. The SMILES string of the molecule is N#CC1=CC2CCCC2C[C@H]1C#N. The van der Waals surface area contributed by atoms with Crippen molar-refractivity contribution in [2.24, 2.45) is 17.8 Å². The zero-order valence-electron chi connectivity index (χ0n) is 7.53. The summed E-state index contributed by atoms with van der Waals surface area (Å²) in [7, 11) is 0. The highest BCUT2D eigenvalue weighted by Gasteiger charge is 2.34. The maximum atomic E-state index is 8.87. The smallest absolute Gasteiger partial charge is 0.0957 e. The van der Waals surface area contributed by atoms with E-state index in [-0.39, 0.29) is 5.92 Å². The summed E-state index contributed by atoms with van der Waals surface area (Å²) in [5.41, 5.74) is 0.714. The molecule has 0 aromatic heterocycles. The zero-order chi connectivity index (χ0) is 9.26. The van der Waals surface area contributed by atoms with E-state index in [1.54, 1.807) is 0 Å². The Kier molecular flexibility index (Phi) is 2.07. The van der Waals surface area contributed by atoms with Gasteiger partial charge in [0.2, 0.25) is 0 Å². The number of hydrogen-bond donors (Lipinski definition) is 0. The fraction of sp³-hybridized carbons (Fsp3) is 0.636. The van der Waals surface area contributed by atoms with Crippen molar-refractivity contribution < 1.29 is 0 Å². The Morgan fingerprint density at radius 2 is 2.15 bits per heavy atom. The van der Waals surface area contributed by atoms with Gasteiger partial charge in [0, 0.05) is 5.57 Å². The van der Waals surface area contributed by atoms with Crippen LogP contribution in [0, 0.1) is 40.4 Å². The molecule has 3 atom stereocenters. The van der Waals surface area contributed by atoms with E-state index in [9.17, 15) is 0 Å². The van der Waals surface area contributed by atoms with E-state index in [2.05, 4.69) is 18.2 Å². The van der Waals surface area contributed by atoms with Crippen LogP contribution in [0.2, 0.25) is 0 Å². The van der Waals surface area contributed by atoms with E-state index in [1.165, 1.54) is 19.3 Å². The van der Waals surface area contributed by atoms with Gasteiger partial charge in [-0.25, -0.2) is 0 Å². The molecule has 13 heavy (non-hydrogen) atoms. The molecule has 0 bridgehead atoms. The normalized spacial score (nSPS) is 37.1. The van der Waals surface area contributed by atoms with Crippen LogP contribution in [0.15, 0.2) is 11.6 Å². The number of fused-ring (bicyclic) bond motifs is 1. The zero-order valence-corrected chi connectivity index (χ0v) is 7.53. The van der Waals surface area contributed by atoms with E-state index < -0.39 is 0 Å². The van der Waals surface area contributed by atoms with Crippen LogP contribution in [0.3, 0.4) is 0 Å². The van der Waals surface area contributed by atoms with Crippen molar-refractivity contribution in [1.82, 2.24) is 0 Å². The van der Waals surface area contributed by atoms with E-state index >= 15 is 0 Å². The highest BCUT2D eigenvalue weighted by atomic mass is 14.4. The van der Waals surface area contributed by atoms with Crippen LogP contribution in [0.25, 0.3) is 0 Å². The van der Waals surface area contributed by atoms with Crippen LogP contribution in [0.5, 0.6) is 0 Å². The summed E-state index contributed by atoms with van der Waals surface area (Å²) < 4.78 is 0. The first-order chi connectivity index (χ1) is 6.35. The predicted octanol–water partition coefficient (Wildman–Crippen LogP) is 2.40. The van der Waals surface area contributed by atoms with Crippen LogP contribution in [0.4, 0.5) is 0 Å². The van der Waals surface area contributed by atoms with Crippen LogP contribution in [-0.4, -0.2) is 0 Å². The molecule has 0 saturated heterocycles. The molecule has 0 aromatic carbocycles. The van der Waals surface area contributed by atoms with Crippen LogP contribution in [0.1, 0.15) is 25.7 Å². The standard InChI is InChI=1S/C11H12N2/c12-6-10-4-8-2-1-3-9(8)5-11(10)7-13/h4,8-9,11H,1-3,5H2/t8?,9?,11-/m0/s1. The van der Waals surface area contributed by atoms with Gasteiger partial charge in [-0.05, 0) is 31.1 Å². The summed E-state index contributed by atoms with van der Waals surface area (Å²) in [6.07, 6.45) is 6.70. The van der Waals surface area contributed by atoms with E-state index in [0.717, 1.165) is 6.42 Å². The quantitative estimate of drug-likeness (QED) is 0.563. The van der Waals surface area contributed by atoms with Gasteiger partial charge in [-0.3, -0.25) is 0 Å². The Morgan fingerprint density at radius 3 is 2.85 bits per heavy atom. The lowest BCUT2D eigenvalue weighted by Crippen LogP contribution is -2.18. The third-order valence-electron chi connectivity index (χ3n) is 3.31. The van der Waals surface area contributed by atoms with Crippen molar-refractivity contribution in [2.45, 2.75) is 25.7 Å². The molecule has 0 heterocycles. The Bertz CT molecular complexity index is 316. The summed E-state index contributed by atoms with van der Waals surface area (Å²) in [6.45, 7) is 0. The number of nitriles is 2. The highest BCUT2D eigenvalue weighted by molar-refractivity contribution is 5.32. The van der Waals surface area contributed by atoms with E-state index in [4.69, 9.17) is 10.5 Å². The predicted molar refractivity (Wildman–Crippen MR) is 48.2 cm³/mol. The lowest BCUT2D eigenvalue weighted by atomic mass is 9.77. The van der Waals surface area contributed by atoms with Gasteiger partial charge >= 0.3 is 0 Å². The minimum absolute atomic E-state index is 0.121. The van der Waals surface area contributed by atoms with Gasteiger partial charge in [-0.15, -0.1) is 0 Å². The molecule has 0 amide bonds. The second kappa shape index (κ2) is 3.23. The summed E-state index contributed by atoms with van der Waals surface area (Å²) in [5.74, 6) is 1.16. The average molecular weight is 172 g/mol. The molecule has 2 aliphatic carbocycles. The fourth-order valence-corrected chi connectivity index (χ4v) is 2.59. The molecule has 0 spiro atoms. The molecule has 2 nitrogen and oxygen atoms in total. The molecule has 2 unspecified atom stereocenters. The van der Waals surface area contributed by atoms with Crippen molar-refractivity contribution in [3.63, 3.8) is 0 Å². The van der Waals surface area contributed by atoms with Crippen molar-refractivity contribution in [2.75, 3.05) is 0 Å². The van der Waals surface area contributed by atoms with E-state index in [1.807, 2.05) is 0 Å². The van der Waals surface area contributed by atoms with Crippen molar-refractivity contribution in [3.8, 4) is 12.1 Å². The van der Waals surface area contributed by atoms with Gasteiger partial charge in [0.05, 0.1) is 18.1 Å². The minimum atomic E-state index is -0.121. The van der Waals surface area contributed by atoms with Gasteiger partial charge < -0.3 is 0 Å². The first kappa shape index (κ1) is 8.32. The highest BCUT2D eigenvalue weighted by Crippen LogP contribution is 2.42. The summed E-state index contributed by atoms with van der Waals surface area (Å²) >= 11 is 0. The van der Waals surface area contributed by atoms with Crippen molar-refractivity contribution in [3.05, 3.63) is 11.6 Å². The summed E-state index contributed by atoms with van der Waals surface area (Å²) in [4.78, 5) is 0. The first-order valence-corrected chi connectivity index (χ1v) is 4.86. The number of rotatable bonds is 0. The number of nitrogens with zero attached hydrogens (tertiary/aromatic N) is 2. The largest absolute Gasteiger partial charge is 0.198 e. The molecule has 66 valence electrons. The Hall–Kier alpha value is -1.28. The van der Waals surface area contributed by atoms with Crippen LogP contribution < -0.4 is 0 Å².